The zero-order valence-corrected chi connectivity index (χ0v) is 19.8. The summed E-state index contributed by atoms with van der Waals surface area (Å²) in [6, 6.07) is 17.6. The Kier molecular flexibility index (Phi) is 7.66. The molecule has 0 aliphatic carbocycles. The molecule has 3 rings (SSSR count). The van der Waals surface area contributed by atoms with Crippen LogP contribution in [-0.4, -0.2) is 27.5 Å². The normalized spacial score (nSPS) is 11.1. The number of hydrogen-bond donors (Lipinski definition) is 1. The molecule has 0 fully saturated rings. The molecule has 1 N–H and O–H groups in total. The molecule has 168 valence electrons. The minimum absolute atomic E-state index is 0.0452. The van der Waals surface area contributed by atoms with E-state index in [-0.39, 0.29) is 9.92 Å². The van der Waals surface area contributed by atoms with Gasteiger partial charge in [-0.1, -0.05) is 40.9 Å². The van der Waals surface area contributed by atoms with E-state index in [0.717, 1.165) is 9.87 Å². The van der Waals surface area contributed by atoms with Gasteiger partial charge in [0.25, 0.3) is 10.0 Å². The van der Waals surface area contributed by atoms with Crippen molar-refractivity contribution in [2.45, 2.75) is 18.7 Å². The van der Waals surface area contributed by atoms with E-state index >= 15 is 0 Å². The van der Waals surface area contributed by atoms with Crippen molar-refractivity contribution >= 4 is 50.5 Å². The van der Waals surface area contributed by atoms with Crippen LogP contribution in [0.2, 0.25) is 10.0 Å². The average Bonchev–Trinajstić information content (AvgIpc) is 2.76. The van der Waals surface area contributed by atoms with Gasteiger partial charge in [-0.25, -0.2) is 8.42 Å². The Balaban J connectivity index is 1.91. The summed E-state index contributed by atoms with van der Waals surface area (Å²) in [6.07, 6.45) is 0. The van der Waals surface area contributed by atoms with E-state index in [9.17, 15) is 13.2 Å². The van der Waals surface area contributed by atoms with Crippen molar-refractivity contribution in [3.63, 3.8) is 0 Å². The number of aryl methyl sites for hydroxylation is 1. The van der Waals surface area contributed by atoms with E-state index < -0.39 is 22.5 Å². The molecular formula is C23H22Cl2N2O4S. The summed E-state index contributed by atoms with van der Waals surface area (Å²) in [5.41, 5.74) is 1.74. The van der Waals surface area contributed by atoms with Crippen LogP contribution in [0.1, 0.15) is 12.5 Å². The van der Waals surface area contributed by atoms with Crippen LogP contribution in [-0.2, 0) is 14.8 Å². The highest BCUT2D eigenvalue weighted by Crippen LogP contribution is 2.27. The van der Waals surface area contributed by atoms with E-state index in [1.54, 1.807) is 48.5 Å². The molecular weight excluding hydrogens is 471 g/mol. The monoisotopic (exact) mass is 492 g/mol. The second-order valence-electron chi connectivity index (χ2n) is 6.93. The van der Waals surface area contributed by atoms with Crippen molar-refractivity contribution in [3.8, 4) is 5.75 Å². The Bertz CT molecular complexity index is 1200. The van der Waals surface area contributed by atoms with E-state index in [4.69, 9.17) is 27.9 Å². The zero-order chi connectivity index (χ0) is 23.3. The third-order valence-electron chi connectivity index (χ3n) is 4.54. The van der Waals surface area contributed by atoms with Gasteiger partial charge in [-0.05, 0) is 68.4 Å². The minimum Gasteiger partial charge on any atom is -0.494 e. The number of nitrogens with one attached hydrogen (secondary N) is 1. The number of carbonyl (C=O) groups excluding carboxylic acids is 1. The Morgan fingerprint density at radius 2 is 1.62 bits per heavy atom. The van der Waals surface area contributed by atoms with Gasteiger partial charge in [0, 0.05) is 5.69 Å². The maximum absolute atomic E-state index is 13.4. The first kappa shape index (κ1) is 23.9. The molecule has 0 aliphatic heterocycles. The Hall–Kier alpha value is -2.74. The Labute approximate surface area is 197 Å². The van der Waals surface area contributed by atoms with E-state index in [0.29, 0.717) is 28.8 Å². The van der Waals surface area contributed by atoms with Crippen LogP contribution in [0.3, 0.4) is 0 Å². The molecule has 32 heavy (non-hydrogen) atoms. The second kappa shape index (κ2) is 10.3. The lowest BCUT2D eigenvalue weighted by molar-refractivity contribution is -0.114. The van der Waals surface area contributed by atoms with Crippen LogP contribution in [0.15, 0.2) is 71.6 Å². The van der Waals surface area contributed by atoms with Gasteiger partial charge in [0.05, 0.1) is 27.2 Å². The minimum atomic E-state index is -4.03. The first-order valence-electron chi connectivity index (χ1n) is 9.78. The molecule has 0 aromatic heterocycles. The summed E-state index contributed by atoms with van der Waals surface area (Å²) in [7, 11) is -4.03. The van der Waals surface area contributed by atoms with Gasteiger partial charge in [-0.3, -0.25) is 9.10 Å². The lowest BCUT2D eigenvalue weighted by Crippen LogP contribution is -2.38. The largest absolute Gasteiger partial charge is 0.494 e. The first-order valence-corrected chi connectivity index (χ1v) is 12.0. The third-order valence-corrected chi connectivity index (χ3v) is 7.06. The van der Waals surface area contributed by atoms with Crippen LogP contribution in [0.5, 0.6) is 5.75 Å². The molecule has 0 radical (unpaired) electrons. The summed E-state index contributed by atoms with van der Waals surface area (Å²) >= 11 is 11.9. The molecule has 0 unspecified atom stereocenters. The number of benzene rings is 3. The standard InChI is InChI=1S/C23H22Cl2N2O4S/c1-3-31-19-9-11-20(12-10-19)32(29,30)27(18-7-4-16(2)5-8-18)15-23(28)26-17-6-13-21(24)22(25)14-17/h4-14H,3,15H2,1-2H3,(H,26,28). The predicted molar refractivity (Wildman–Crippen MR) is 128 cm³/mol. The molecule has 0 saturated carbocycles. The molecule has 6 nitrogen and oxygen atoms in total. The molecule has 0 bridgehead atoms. The topological polar surface area (TPSA) is 75.7 Å². The van der Waals surface area contributed by atoms with Crippen molar-refractivity contribution in [2.24, 2.45) is 0 Å². The smallest absolute Gasteiger partial charge is 0.264 e. The molecule has 0 atom stereocenters. The maximum Gasteiger partial charge on any atom is 0.264 e. The fourth-order valence-electron chi connectivity index (χ4n) is 2.93. The first-order chi connectivity index (χ1) is 15.2. The second-order valence-corrected chi connectivity index (χ2v) is 9.61. The van der Waals surface area contributed by atoms with E-state index in [2.05, 4.69) is 5.32 Å². The van der Waals surface area contributed by atoms with Crippen LogP contribution < -0.4 is 14.4 Å². The van der Waals surface area contributed by atoms with Crippen LogP contribution in [0.25, 0.3) is 0 Å². The molecule has 1 amide bonds. The number of anilines is 2. The SMILES string of the molecule is CCOc1ccc(S(=O)(=O)N(CC(=O)Nc2ccc(Cl)c(Cl)c2)c2ccc(C)cc2)cc1. The molecule has 0 aliphatic rings. The van der Waals surface area contributed by atoms with Crippen LogP contribution >= 0.6 is 23.2 Å². The lowest BCUT2D eigenvalue weighted by atomic mass is 10.2. The number of rotatable bonds is 8. The Morgan fingerprint density at radius 3 is 2.22 bits per heavy atom. The summed E-state index contributed by atoms with van der Waals surface area (Å²) in [5, 5.41) is 3.29. The summed E-state index contributed by atoms with van der Waals surface area (Å²) in [6.45, 7) is 3.78. The van der Waals surface area contributed by atoms with Gasteiger partial charge in [0.1, 0.15) is 12.3 Å². The fraction of sp³-hybridized carbons (Fsp3) is 0.174. The summed E-state index contributed by atoms with van der Waals surface area (Å²) < 4.78 is 33.3. The average molecular weight is 493 g/mol. The number of nitrogens with zero attached hydrogens (tertiary/aromatic N) is 1. The highest BCUT2D eigenvalue weighted by Gasteiger charge is 2.27. The van der Waals surface area contributed by atoms with Crippen molar-refractivity contribution in [1.82, 2.24) is 0 Å². The number of amides is 1. The third kappa shape index (κ3) is 5.73. The van der Waals surface area contributed by atoms with Crippen molar-refractivity contribution in [3.05, 3.63) is 82.3 Å². The highest BCUT2D eigenvalue weighted by atomic mass is 35.5. The van der Waals surface area contributed by atoms with Crippen molar-refractivity contribution in [2.75, 3.05) is 22.8 Å². The molecule has 3 aromatic carbocycles. The highest BCUT2D eigenvalue weighted by molar-refractivity contribution is 7.92. The number of sulfonamides is 1. The molecule has 0 spiro atoms. The Morgan fingerprint density at radius 1 is 0.969 bits per heavy atom. The van der Waals surface area contributed by atoms with E-state index in [1.165, 1.54) is 18.2 Å². The van der Waals surface area contributed by atoms with Gasteiger partial charge in [-0.15, -0.1) is 0 Å². The summed E-state index contributed by atoms with van der Waals surface area (Å²) in [5.74, 6) is 0.0316. The van der Waals surface area contributed by atoms with Crippen molar-refractivity contribution < 1.29 is 17.9 Å². The summed E-state index contributed by atoms with van der Waals surface area (Å²) in [4.78, 5) is 12.8. The number of ether oxygens (including phenoxy) is 1. The molecule has 9 heteroatoms. The predicted octanol–water partition coefficient (Wildman–Crippen LogP) is 5.53. The van der Waals surface area contributed by atoms with Crippen molar-refractivity contribution in [1.29, 1.82) is 0 Å². The number of carbonyl (C=O) groups is 1. The van der Waals surface area contributed by atoms with Gasteiger partial charge in [0.15, 0.2) is 0 Å². The van der Waals surface area contributed by atoms with E-state index in [1.807, 2.05) is 13.8 Å². The lowest BCUT2D eigenvalue weighted by Gasteiger charge is -2.24. The fourth-order valence-corrected chi connectivity index (χ4v) is 4.65. The molecule has 0 heterocycles. The van der Waals surface area contributed by atoms with Gasteiger partial charge >= 0.3 is 0 Å². The molecule has 3 aromatic rings. The number of hydrogen-bond acceptors (Lipinski definition) is 4. The quantitative estimate of drug-likeness (QED) is 0.448. The van der Waals surface area contributed by atoms with Gasteiger partial charge < -0.3 is 10.1 Å². The van der Waals surface area contributed by atoms with Crippen LogP contribution in [0.4, 0.5) is 11.4 Å². The number of halogens is 2. The van der Waals surface area contributed by atoms with Gasteiger partial charge in [0.2, 0.25) is 5.91 Å². The van der Waals surface area contributed by atoms with Gasteiger partial charge in [-0.2, -0.15) is 0 Å². The zero-order valence-electron chi connectivity index (χ0n) is 17.5. The molecule has 0 saturated heterocycles. The van der Waals surface area contributed by atoms with Crippen LogP contribution in [0, 0.1) is 6.92 Å². The maximum atomic E-state index is 13.4.